The Morgan fingerprint density at radius 1 is 1.41 bits per heavy atom. The molecule has 6 heteroatoms. The number of rotatable bonds is 4. The Kier molecular flexibility index (Phi) is 4.22. The Hall–Kier alpha value is -1.43. The minimum absolute atomic E-state index is 0.263. The predicted molar refractivity (Wildman–Crippen MR) is 56.9 cm³/mol. The van der Waals surface area contributed by atoms with Crippen molar-refractivity contribution in [3.05, 3.63) is 23.8 Å². The lowest BCUT2D eigenvalue weighted by Crippen LogP contribution is -2.28. The molecule has 3 N–H and O–H groups in total. The van der Waals surface area contributed by atoms with E-state index in [1.165, 1.54) is 6.07 Å². The van der Waals surface area contributed by atoms with Gasteiger partial charge in [-0.15, -0.1) is 0 Å². The molecule has 0 radical (unpaired) electrons. The molecule has 1 aromatic rings. The number of nitrogens with two attached hydrogens (primary N) is 1. The Bertz CT molecular complexity index is 379. The molecule has 0 aliphatic rings. The molecule has 0 bridgehead atoms. The summed E-state index contributed by atoms with van der Waals surface area (Å²) in [4.78, 5) is 0. The van der Waals surface area contributed by atoms with E-state index in [-0.39, 0.29) is 11.3 Å². The number of phenols is 1. The topological polar surface area (TPSA) is 55.5 Å². The fraction of sp³-hybridized carbons (Fsp3) is 0.455. The maximum absolute atomic E-state index is 12.4. The number of halogens is 3. The zero-order chi connectivity index (χ0) is 13.1. The normalized spacial score (nSPS) is 13.5. The van der Waals surface area contributed by atoms with Gasteiger partial charge in [0.15, 0.2) is 0 Å². The molecule has 0 amide bonds. The van der Waals surface area contributed by atoms with E-state index in [1.54, 1.807) is 0 Å². The standard InChI is InChI=1S/C11H14F3NO2/c1-2-5-17-7-3-4-9(16)8(6-7)10(15)11(12,13)14/h3-4,6,10,16H,2,5,15H2,1H3/t10-/m0/s1. The van der Waals surface area contributed by atoms with Gasteiger partial charge in [0.05, 0.1) is 6.61 Å². The van der Waals surface area contributed by atoms with Gasteiger partial charge in [0.25, 0.3) is 0 Å². The first-order valence-electron chi connectivity index (χ1n) is 5.14. The molecule has 0 spiro atoms. The molecule has 0 fully saturated rings. The van der Waals surface area contributed by atoms with Gasteiger partial charge in [-0.3, -0.25) is 0 Å². The molecule has 96 valence electrons. The molecule has 1 atom stereocenters. The van der Waals surface area contributed by atoms with Crippen molar-refractivity contribution in [2.45, 2.75) is 25.6 Å². The van der Waals surface area contributed by atoms with E-state index < -0.39 is 18.0 Å². The van der Waals surface area contributed by atoms with Gasteiger partial charge in [0, 0.05) is 5.56 Å². The molecule has 0 unspecified atom stereocenters. The van der Waals surface area contributed by atoms with Gasteiger partial charge in [0.1, 0.15) is 17.5 Å². The highest BCUT2D eigenvalue weighted by Gasteiger charge is 2.39. The first-order valence-corrected chi connectivity index (χ1v) is 5.14. The highest BCUT2D eigenvalue weighted by Crippen LogP contribution is 2.36. The molecule has 3 nitrogen and oxygen atoms in total. The summed E-state index contributed by atoms with van der Waals surface area (Å²) in [6.07, 6.45) is -3.86. The van der Waals surface area contributed by atoms with Crippen LogP contribution in [-0.2, 0) is 0 Å². The van der Waals surface area contributed by atoms with Crippen LogP contribution in [0, 0.1) is 0 Å². The lowest BCUT2D eigenvalue weighted by atomic mass is 10.1. The van der Waals surface area contributed by atoms with Crippen molar-refractivity contribution in [3.63, 3.8) is 0 Å². The number of ether oxygens (including phenoxy) is 1. The second-order valence-electron chi connectivity index (χ2n) is 3.59. The number of hydrogen-bond donors (Lipinski definition) is 2. The molecule has 0 saturated heterocycles. The van der Waals surface area contributed by atoms with Gasteiger partial charge in [0.2, 0.25) is 0 Å². The van der Waals surface area contributed by atoms with E-state index in [9.17, 15) is 18.3 Å². The third-order valence-electron chi connectivity index (χ3n) is 2.16. The summed E-state index contributed by atoms with van der Waals surface area (Å²) in [5.41, 5.74) is 4.65. The molecule has 0 aromatic heterocycles. The third kappa shape index (κ3) is 3.52. The maximum Gasteiger partial charge on any atom is 0.407 e. The molecule has 1 rings (SSSR count). The van der Waals surface area contributed by atoms with Crippen LogP contribution in [0.5, 0.6) is 11.5 Å². The highest BCUT2D eigenvalue weighted by molar-refractivity contribution is 5.41. The first kappa shape index (κ1) is 13.6. The van der Waals surface area contributed by atoms with E-state index in [0.29, 0.717) is 6.61 Å². The van der Waals surface area contributed by atoms with Crippen LogP contribution >= 0.6 is 0 Å². The molecule has 0 heterocycles. The largest absolute Gasteiger partial charge is 0.508 e. The number of aromatic hydroxyl groups is 1. The molecular weight excluding hydrogens is 235 g/mol. The Morgan fingerprint density at radius 2 is 2.06 bits per heavy atom. The van der Waals surface area contributed by atoms with Crippen molar-refractivity contribution in [3.8, 4) is 11.5 Å². The zero-order valence-electron chi connectivity index (χ0n) is 9.29. The summed E-state index contributed by atoms with van der Waals surface area (Å²) in [6.45, 7) is 2.27. The SMILES string of the molecule is CCCOc1ccc(O)c([C@H](N)C(F)(F)F)c1. The summed E-state index contributed by atoms with van der Waals surface area (Å²) < 4.78 is 42.4. The van der Waals surface area contributed by atoms with Gasteiger partial charge < -0.3 is 15.6 Å². The summed E-state index contributed by atoms with van der Waals surface area (Å²) in [6, 6.07) is 1.44. The van der Waals surface area contributed by atoms with E-state index in [1.807, 2.05) is 6.92 Å². The van der Waals surface area contributed by atoms with E-state index in [2.05, 4.69) is 0 Å². The quantitative estimate of drug-likeness (QED) is 0.862. The third-order valence-corrected chi connectivity index (χ3v) is 2.16. The van der Waals surface area contributed by atoms with Crippen LogP contribution in [0.4, 0.5) is 13.2 Å². The Labute approximate surface area is 97.0 Å². The molecule has 1 aromatic carbocycles. The molecule has 17 heavy (non-hydrogen) atoms. The minimum Gasteiger partial charge on any atom is -0.508 e. The highest BCUT2D eigenvalue weighted by atomic mass is 19.4. The van der Waals surface area contributed by atoms with Crippen LogP contribution in [0.15, 0.2) is 18.2 Å². The molecule has 0 saturated carbocycles. The number of alkyl halides is 3. The molecule has 0 aliphatic carbocycles. The minimum atomic E-state index is -4.60. The van der Waals surface area contributed by atoms with Crippen molar-refractivity contribution in [2.75, 3.05) is 6.61 Å². The van der Waals surface area contributed by atoms with E-state index in [0.717, 1.165) is 18.6 Å². The van der Waals surface area contributed by atoms with Crippen molar-refractivity contribution in [1.29, 1.82) is 0 Å². The Balaban J connectivity index is 2.98. The van der Waals surface area contributed by atoms with Crippen molar-refractivity contribution < 1.29 is 23.0 Å². The summed E-state index contributed by atoms with van der Waals surface area (Å²) in [5.74, 6) is -0.224. The predicted octanol–water partition coefficient (Wildman–Crippen LogP) is 2.74. The summed E-state index contributed by atoms with van der Waals surface area (Å²) in [5, 5.41) is 9.36. The van der Waals surface area contributed by atoms with Crippen LogP contribution in [0.25, 0.3) is 0 Å². The van der Waals surface area contributed by atoms with Crippen molar-refractivity contribution >= 4 is 0 Å². The summed E-state index contributed by atoms with van der Waals surface area (Å²) >= 11 is 0. The summed E-state index contributed by atoms with van der Waals surface area (Å²) in [7, 11) is 0. The molecular formula is C11H14F3NO2. The van der Waals surface area contributed by atoms with Crippen LogP contribution in [0.1, 0.15) is 24.9 Å². The number of phenolic OH excluding ortho intramolecular Hbond substituents is 1. The molecule has 0 aliphatic heterocycles. The van der Waals surface area contributed by atoms with Crippen LogP contribution < -0.4 is 10.5 Å². The van der Waals surface area contributed by atoms with Crippen molar-refractivity contribution in [2.24, 2.45) is 5.73 Å². The maximum atomic E-state index is 12.4. The number of hydrogen-bond acceptors (Lipinski definition) is 3. The fourth-order valence-electron chi connectivity index (χ4n) is 1.27. The van der Waals surface area contributed by atoms with Crippen LogP contribution in [0.3, 0.4) is 0 Å². The monoisotopic (exact) mass is 249 g/mol. The fourth-order valence-corrected chi connectivity index (χ4v) is 1.27. The first-order chi connectivity index (χ1) is 7.86. The lowest BCUT2D eigenvalue weighted by molar-refractivity contribution is -0.149. The van der Waals surface area contributed by atoms with E-state index >= 15 is 0 Å². The van der Waals surface area contributed by atoms with E-state index in [4.69, 9.17) is 10.5 Å². The van der Waals surface area contributed by atoms with Gasteiger partial charge in [-0.1, -0.05) is 6.92 Å². The van der Waals surface area contributed by atoms with Gasteiger partial charge in [-0.25, -0.2) is 0 Å². The zero-order valence-corrected chi connectivity index (χ0v) is 9.29. The van der Waals surface area contributed by atoms with Crippen LogP contribution in [0.2, 0.25) is 0 Å². The lowest BCUT2D eigenvalue weighted by Gasteiger charge is -2.18. The smallest absolute Gasteiger partial charge is 0.407 e. The average Bonchev–Trinajstić information content (AvgIpc) is 2.26. The second kappa shape index (κ2) is 5.27. The average molecular weight is 249 g/mol. The van der Waals surface area contributed by atoms with Gasteiger partial charge in [-0.05, 0) is 24.6 Å². The van der Waals surface area contributed by atoms with Crippen molar-refractivity contribution in [1.82, 2.24) is 0 Å². The van der Waals surface area contributed by atoms with Crippen LogP contribution in [-0.4, -0.2) is 17.9 Å². The number of benzene rings is 1. The Morgan fingerprint density at radius 3 is 2.59 bits per heavy atom. The van der Waals surface area contributed by atoms with Gasteiger partial charge >= 0.3 is 6.18 Å². The second-order valence-corrected chi connectivity index (χ2v) is 3.59. The van der Waals surface area contributed by atoms with Gasteiger partial charge in [-0.2, -0.15) is 13.2 Å².